The Morgan fingerprint density at radius 1 is 1.31 bits per heavy atom. The smallest absolute Gasteiger partial charge is 0.229 e. The van der Waals surface area contributed by atoms with Gasteiger partial charge in [-0.25, -0.2) is 0 Å². The second-order valence-corrected chi connectivity index (χ2v) is 7.39. The first-order chi connectivity index (χ1) is 12.6. The molecule has 1 aromatic carbocycles. The molecule has 0 saturated heterocycles. The molecule has 3 aliphatic rings. The van der Waals surface area contributed by atoms with Gasteiger partial charge in [0.2, 0.25) is 5.91 Å². The van der Waals surface area contributed by atoms with Crippen LogP contribution in [0.4, 0.5) is 0 Å². The number of methoxy groups -OCH3 is 1. The maximum atomic E-state index is 12.6. The first-order valence-corrected chi connectivity index (χ1v) is 9.41. The molecule has 0 aromatic heterocycles. The molecule has 1 amide bonds. The van der Waals surface area contributed by atoms with E-state index in [1.165, 1.54) is 29.5 Å². The Kier molecular flexibility index (Phi) is 4.72. The van der Waals surface area contributed by atoms with Gasteiger partial charge < -0.3 is 15.4 Å². The van der Waals surface area contributed by atoms with Gasteiger partial charge in [-0.3, -0.25) is 9.79 Å². The summed E-state index contributed by atoms with van der Waals surface area (Å²) in [5, 5.41) is 5.82. The van der Waals surface area contributed by atoms with Crippen molar-refractivity contribution in [1.29, 1.82) is 0 Å². The molecule has 5 nitrogen and oxygen atoms in total. The molecule has 2 aliphatic carbocycles. The number of halogens is 1. The van der Waals surface area contributed by atoms with Gasteiger partial charge in [0.15, 0.2) is 0 Å². The molecule has 0 bridgehead atoms. The summed E-state index contributed by atoms with van der Waals surface area (Å²) in [6.45, 7) is 0. The minimum atomic E-state index is -0.443. The van der Waals surface area contributed by atoms with Crippen LogP contribution >= 0.6 is 11.6 Å². The Morgan fingerprint density at radius 2 is 2.12 bits per heavy atom. The van der Waals surface area contributed by atoms with Crippen LogP contribution in [-0.2, 0) is 22.4 Å². The van der Waals surface area contributed by atoms with Crippen molar-refractivity contribution in [3.63, 3.8) is 0 Å². The molecule has 2 unspecified atom stereocenters. The van der Waals surface area contributed by atoms with Crippen LogP contribution in [0.3, 0.4) is 0 Å². The zero-order valence-corrected chi connectivity index (χ0v) is 15.5. The van der Waals surface area contributed by atoms with Crippen LogP contribution < -0.4 is 10.6 Å². The lowest BCUT2D eigenvalue weighted by atomic mass is 9.89. The van der Waals surface area contributed by atoms with E-state index in [1.807, 2.05) is 0 Å². The minimum absolute atomic E-state index is 0.00461. The Bertz CT molecular complexity index is 822. The van der Waals surface area contributed by atoms with Crippen molar-refractivity contribution in [3.8, 4) is 0 Å². The number of ether oxygens (including phenoxy) is 1. The van der Waals surface area contributed by atoms with E-state index in [4.69, 9.17) is 16.3 Å². The third-order valence-electron chi connectivity index (χ3n) is 5.25. The predicted molar refractivity (Wildman–Crippen MR) is 103 cm³/mol. The summed E-state index contributed by atoms with van der Waals surface area (Å²) in [5.74, 6) is 1.54. The normalized spacial score (nSPS) is 23.5. The maximum absolute atomic E-state index is 12.6. The number of aliphatic imine (C=N–C) groups is 1. The summed E-state index contributed by atoms with van der Waals surface area (Å²) in [4.78, 5) is 16.6. The van der Waals surface area contributed by atoms with E-state index in [0.717, 1.165) is 37.0 Å². The number of rotatable bonds is 4. The number of amides is 1. The lowest BCUT2D eigenvalue weighted by molar-refractivity contribution is -0.124. The fourth-order valence-electron chi connectivity index (χ4n) is 3.71. The van der Waals surface area contributed by atoms with Crippen LogP contribution in [0.15, 0.2) is 40.7 Å². The van der Waals surface area contributed by atoms with Crippen LogP contribution in [0, 0.1) is 5.92 Å². The number of allylic oxidation sites excluding steroid dienone is 1. The van der Waals surface area contributed by atoms with Crippen molar-refractivity contribution in [1.82, 2.24) is 10.6 Å². The van der Waals surface area contributed by atoms with Crippen LogP contribution in [0.25, 0.3) is 5.76 Å². The van der Waals surface area contributed by atoms with Crippen molar-refractivity contribution in [2.75, 3.05) is 7.11 Å². The molecule has 1 saturated carbocycles. The van der Waals surface area contributed by atoms with E-state index < -0.39 is 5.50 Å². The number of hydrogen-bond donors (Lipinski definition) is 2. The van der Waals surface area contributed by atoms with Crippen molar-refractivity contribution in [2.45, 2.75) is 37.6 Å². The molecule has 4 rings (SSSR count). The molecule has 1 heterocycles. The Morgan fingerprint density at radius 3 is 2.81 bits per heavy atom. The third-order valence-corrected chi connectivity index (χ3v) is 5.49. The number of hydrogen-bond acceptors (Lipinski definition) is 4. The molecule has 1 fully saturated rings. The zero-order chi connectivity index (χ0) is 18.1. The SMILES string of the molecule is COC(=C1CCC1)c1ccc2c(c1)CC(C(=O)NC1=CC(Cl)N=CN1)C2. The van der Waals surface area contributed by atoms with Crippen molar-refractivity contribution >= 4 is 29.6 Å². The average molecular weight is 372 g/mol. The van der Waals surface area contributed by atoms with Gasteiger partial charge in [-0.05, 0) is 60.9 Å². The molecule has 2 N–H and O–H groups in total. The number of fused-ring (bicyclic) bond motifs is 1. The number of carbonyl (C=O) groups is 1. The molecule has 1 aromatic rings. The summed E-state index contributed by atoms with van der Waals surface area (Å²) in [7, 11) is 1.74. The number of nitrogens with zero attached hydrogens (tertiary/aromatic N) is 1. The number of nitrogens with one attached hydrogen (secondary N) is 2. The quantitative estimate of drug-likeness (QED) is 0.485. The number of carbonyl (C=O) groups excluding carboxylic acids is 1. The summed E-state index contributed by atoms with van der Waals surface area (Å²) < 4.78 is 5.64. The fourth-order valence-corrected chi connectivity index (χ4v) is 3.89. The van der Waals surface area contributed by atoms with E-state index >= 15 is 0 Å². The van der Waals surface area contributed by atoms with Crippen molar-refractivity contribution < 1.29 is 9.53 Å². The lowest BCUT2D eigenvalue weighted by Crippen LogP contribution is -2.37. The maximum Gasteiger partial charge on any atom is 0.229 e. The van der Waals surface area contributed by atoms with Crippen LogP contribution in [-0.4, -0.2) is 24.9 Å². The van der Waals surface area contributed by atoms with E-state index in [1.54, 1.807) is 13.2 Å². The standard InChI is InChI=1S/C20H22ClN3O2/c1-26-19(12-3-2-4-12)14-6-5-13-7-16(9-15(13)8-14)20(25)24-18-10-17(21)22-11-23-18/h5-6,8,10-11,16-17H,2-4,7,9H2,1H3,(H,22,23)(H,24,25). The summed E-state index contributed by atoms with van der Waals surface area (Å²) >= 11 is 5.95. The molecule has 6 heteroatoms. The molecule has 2 atom stereocenters. The van der Waals surface area contributed by atoms with E-state index in [0.29, 0.717) is 5.82 Å². The topological polar surface area (TPSA) is 62.7 Å². The third kappa shape index (κ3) is 3.36. The average Bonchev–Trinajstić information content (AvgIpc) is 3.01. The summed E-state index contributed by atoms with van der Waals surface area (Å²) in [6, 6.07) is 6.44. The van der Waals surface area contributed by atoms with Crippen LogP contribution in [0.2, 0.25) is 0 Å². The lowest BCUT2D eigenvalue weighted by Gasteiger charge is -2.21. The zero-order valence-electron chi connectivity index (χ0n) is 14.7. The summed E-state index contributed by atoms with van der Waals surface area (Å²) in [6.07, 6.45) is 8.18. The van der Waals surface area contributed by atoms with Crippen molar-refractivity contribution in [2.24, 2.45) is 10.9 Å². The molecule has 0 spiro atoms. The first-order valence-electron chi connectivity index (χ1n) is 8.97. The molecule has 136 valence electrons. The van der Waals surface area contributed by atoms with Crippen LogP contribution in [0.1, 0.15) is 36.0 Å². The minimum Gasteiger partial charge on any atom is -0.496 e. The van der Waals surface area contributed by atoms with Gasteiger partial charge in [0.25, 0.3) is 0 Å². The van der Waals surface area contributed by atoms with Crippen molar-refractivity contribution in [3.05, 3.63) is 52.4 Å². The Hall–Kier alpha value is -2.27. The molecule has 26 heavy (non-hydrogen) atoms. The van der Waals surface area contributed by atoms with Gasteiger partial charge >= 0.3 is 0 Å². The van der Waals surface area contributed by atoms with Gasteiger partial charge in [0, 0.05) is 11.5 Å². The number of alkyl halides is 1. The van der Waals surface area contributed by atoms with Crippen LogP contribution in [0.5, 0.6) is 0 Å². The first kappa shape index (κ1) is 17.2. The highest BCUT2D eigenvalue weighted by molar-refractivity contribution is 6.22. The molecular weight excluding hydrogens is 350 g/mol. The highest BCUT2D eigenvalue weighted by atomic mass is 35.5. The second kappa shape index (κ2) is 7.16. The van der Waals surface area contributed by atoms with E-state index in [9.17, 15) is 4.79 Å². The Labute approximate surface area is 158 Å². The van der Waals surface area contributed by atoms with Gasteiger partial charge in [0.1, 0.15) is 17.1 Å². The molecule has 1 aliphatic heterocycles. The highest BCUT2D eigenvalue weighted by Crippen LogP contribution is 2.36. The van der Waals surface area contributed by atoms with Gasteiger partial charge in [0.05, 0.1) is 13.4 Å². The van der Waals surface area contributed by atoms with E-state index in [2.05, 4.69) is 33.8 Å². The number of benzene rings is 1. The monoisotopic (exact) mass is 371 g/mol. The molecular formula is C20H22ClN3O2. The Balaban J connectivity index is 1.46. The van der Waals surface area contributed by atoms with Gasteiger partial charge in [-0.1, -0.05) is 23.7 Å². The van der Waals surface area contributed by atoms with Gasteiger partial charge in [-0.2, -0.15) is 0 Å². The predicted octanol–water partition coefficient (Wildman–Crippen LogP) is 3.10. The highest BCUT2D eigenvalue weighted by Gasteiger charge is 2.29. The fraction of sp³-hybridized carbons (Fsp3) is 0.400. The molecule has 0 radical (unpaired) electrons. The van der Waals surface area contributed by atoms with Gasteiger partial charge in [-0.15, -0.1) is 0 Å². The largest absolute Gasteiger partial charge is 0.496 e. The van der Waals surface area contributed by atoms with E-state index in [-0.39, 0.29) is 11.8 Å². The summed E-state index contributed by atoms with van der Waals surface area (Å²) in [5.41, 5.74) is 4.55. The second-order valence-electron chi connectivity index (χ2n) is 6.94.